The van der Waals surface area contributed by atoms with E-state index in [1.165, 1.54) is 13.1 Å². The fourth-order valence-corrected chi connectivity index (χ4v) is 3.15. The monoisotopic (exact) mass is 489 g/mol. The maximum Gasteiger partial charge on any atom is 0.436 e. The van der Waals surface area contributed by atoms with E-state index in [9.17, 15) is 18.0 Å². The van der Waals surface area contributed by atoms with Crippen molar-refractivity contribution in [3.8, 4) is 0 Å². The highest BCUT2D eigenvalue weighted by Crippen LogP contribution is 2.35. The summed E-state index contributed by atoms with van der Waals surface area (Å²) in [7, 11) is 0. The van der Waals surface area contributed by atoms with Crippen molar-refractivity contribution >= 4 is 39.1 Å². The minimum absolute atomic E-state index is 0.0273. The highest BCUT2D eigenvalue weighted by Gasteiger charge is 2.38. The van der Waals surface area contributed by atoms with Crippen LogP contribution in [0.25, 0.3) is 0 Å². The molecule has 0 saturated carbocycles. The van der Waals surface area contributed by atoms with Crippen molar-refractivity contribution in [2.45, 2.75) is 32.6 Å². The SMILES string of the molecule is Cc1c(Cl)c(C(F)(F)F)nn1CCC(=O)Nc1cnn(Cc2ccc(Br)cc2)c1. The van der Waals surface area contributed by atoms with E-state index in [1.54, 1.807) is 10.9 Å². The number of nitrogens with zero attached hydrogens (tertiary/aromatic N) is 4. The minimum Gasteiger partial charge on any atom is -0.323 e. The topological polar surface area (TPSA) is 64.7 Å². The fourth-order valence-electron chi connectivity index (χ4n) is 2.65. The van der Waals surface area contributed by atoms with Crippen LogP contribution in [0.5, 0.6) is 0 Å². The van der Waals surface area contributed by atoms with Crippen LogP contribution in [0.4, 0.5) is 18.9 Å². The number of rotatable bonds is 6. The lowest BCUT2D eigenvalue weighted by molar-refractivity contribution is -0.141. The Morgan fingerprint density at radius 3 is 2.59 bits per heavy atom. The van der Waals surface area contributed by atoms with E-state index in [0.29, 0.717) is 12.2 Å². The molecule has 0 aliphatic rings. The predicted octanol–water partition coefficient (Wildman–Crippen LogP) is 4.90. The summed E-state index contributed by atoms with van der Waals surface area (Å²) in [6.45, 7) is 1.93. The van der Waals surface area contributed by atoms with Gasteiger partial charge in [0.2, 0.25) is 5.91 Å². The lowest BCUT2D eigenvalue weighted by Gasteiger charge is -2.05. The molecule has 0 aliphatic carbocycles. The molecule has 0 aliphatic heterocycles. The van der Waals surface area contributed by atoms with Gasteiger partial charge in [0.05, 0.1) is 35.7 Å². The van der Waals surface area contributed by atoms with Gasteiger partial charge in [-0.05, 0) is 24.6 Å². The van der Waals surface area contributed by atoms with Crippen molar-refractivity contribution < 1.29 is 18.0 Å². The highest BCUT2D eigenvalue weighted by molar-refractivity contribution is 9.10. The Morgan fingerprint density at radius 1 is 1.28 bits per heavy atom. The number of hydrogen-bond acceptors (Lipinski definition) is 3. The number of alkyl halides is 3. The number of benzene rings is 1. The van der Waals surface area contributed by atoms with Gasteiger partial charge in [-0.1, -0.05) is 39.7 Å². The number of nitrogens with one attached hydrogen (secondary N) is 1. The molecule has 11 heteroatoms. The Balaban J connectivity index is 1.56. The second kappa shape index (κ2) is 8.58. The average Bonchev–Trinajstić information content (AvgIpc) is 3.20. The first-order chi connectivity index (χ1) is 13.6. The predicted molar refractivity (Wildman–Crippen MR) is 106 cm³/mol. The van der Waals surface area contributed by atoms with Crippen molar-refractivity contribution in [3.05, 3.63) is 63.1 Å². The first kappa shape index (κ1) is 21.4. The highest BCUT2D eigenvalue weighted by atomic mass is 79.9. The van der Waals surface area contributed by atoms with Gasteiger partial charge in [0.1, 0.15) is 0 Å². The first-order valence-corrected chi connectivity index (χ1v) is 9.67. The third-order valence-electron chi connectivity index (χ3n) is 4.13. The van der Waals surface area contributed by atoms with Crippen molar-refractivity contribution in [2.75, 3.05) is 5.32 Å². The number of amides is 1. The third-order valence-corrected chi connectivity index (χ3v) is 5.11. The van der Waals surface area contributed by atoms with E-state index in [-0.39, 0.29) is 24.6 Å². The van der Waals surface area contributed by atoms with Gasteiger partial charge in [0.25, 0.3) is 0 Å². The van der Waals surface area contributed by atoms with Crippen molar-refractivity contribution in [1.82, 2.24) is 19.6 Å². The molecule has 1 amide bonds. The number of aryl methyl sites for hydroxylation is 1. The number of hydrogen-bond donors (Lipinski definition) is 1. The maximum atomic E-state index is 12.9. The first-order valence-electron chi connectivity index (χ1n) is 8.50. The van der Waals surface area contributed by atoms with Gasteiger partial charge in [-0.3, -0.25) is 14.2 Å². The Morgan fingerprint density at radius 2 is 1.97 bits per heavy atom. The van der Waals surface area contributed by atoms with Gasteiger partial charge >= 0.3 is 6.18 Å². The summed E-state index contributed by atoms with van der Waals surface area (Å²) in [6.07, 6.45) is -1.51. The number of anilines is 1. The summed E-state index contributed by atoms with van der Waals surface area (Å²) in [6, 6.07) is 7.76. The molecule has 2 heterocycles. The maximum absolute atomic E-state index is 12.9. The zero-order chi connectivity index (χ0) is 21.2. The number of aromatic nitrogens is 4. The summed E-state index contributed by atoms with van der Waals surface area (Å²) in [5.74, 6) is -0.368. The average molecular weight is 491 g/mol. The Hall–Kier alpha value is -2.33. The molecule has 154 valence electrons. The van der Waals surface area contributed by atoms with Crippen LogP contribution in [0.15, 0.2) is 41.1 Å². The van der Waals surface area contributed by atoms with E-state index in [2.05, 4.69) is 31.4 Å². The molecule has 2 aromatic heterocycles. The fraction of sp³-hybridized carbons (Fsp3) is 0.278. The summed E-state index contributed by atoms with van der Waals surface area (Å²) in [4.78, 5) is 12.1. The van der Waals surface area contributed by atoms with Crippen LogP contribution < -0.4 is 5.32 Å². The Kier molecular flexibility index (Phi) is 6.33. The van der Waals surface area contributed by atoms with Crippen molar-refractivity contribution in [1.29, 1.82) is 0 Å². The number of carbonyl (C=O) groups excluding carboxylic acids is 1. The number of halogens is 5. The Labute approximate surface area is 177 Å². The second-order valence-corrected chi connectivity index (χ2v) is 7.61. The lowest BCUT2D eigenvalue weighted by Crippen LogP contribution is -2.16. The van der Waals surface area contributed by atoms with E-state index in [4.69, 9.17) is 11.6 Å². The minimum atomic E-state index is -4.64. The second-order valence-electron chi connectivity index (χ2n) is 6.32. The molecule has 0 bridgehead atoms. The van der Waals surface area contributed by atoms with E-state index < -0.39 is 16.9 Å². The molecule has 0 saturated heterocycles. The van der Waals surface area contributed by atoms with Crippen LogP contribution >= 0.6 is 27.5 Å². The quantitative estimate of drug-likeness (QED) is 0.535. The normalized spacial score (nSPS) is 11.7. The molecule has 3 rings (SSSR count). The molecule has 1 N–H and O–H groups in total. The Bertz CT molecular complexity index is 1010. The largest absolute Gasteiger partial charge is 0.436 e. The number of carbonyl (C=O) groups is 1. The molecule has 1 aromatic carbocycles. The van der Waals surface area contributed by atoms with E-state index >= 15 is 0 Å². The van der Waals surface area contributed by atoms with Crippen LogP contribution in [0.2, 0.25) is 5.02 Å². The van der Waals surface area contributed by atoms with Crippen LogP contribution in [-0.2, 0) is 24.1 Å². The molecule has 6 nitrogen and oxygen atoms in total. The van der Waals surface area contributed by atoms with Gasteiger partial charge in [0.15, 0.2) is 5.69 Å². The summed E-state index contributed by atoms with van der Waals surface area (Å²) in [5.41, 5.74) is 0.555. The van der Waals surface area contributed by atoms with Gasteiger partial charge < -0.3 is 5.32 Å². The zero-order valence-electron chi connectivity index (χ0n) is 15.2. The molecule has 0 radical (unpaired) electrons. The standard InChI is InChI=1S/C18H16BrClF3N5O/c1-11-16(20)17(18(21,22)23)26-28(11)7-6-15(29)25-14-8-24-27(10-14)9-12-2-4-13(19)5-3-12/h2-5,8,10H,6-7,9H2,1H3,(H,25,29). The van der Waals surface area contributed by atoms with E-state index in [1.807, 2.05) is 24.3 Å². The molecular formula is C18H16BrClF3N5O. The van der Waals surface area contributed by atoms with Crippen molar-refractivity contribution in [3.63, 3.8) is 0 Å². The van der Waals surface area contributed by atoms with Crippen molar-refractivity contribution in [2.24, 2.45) is 0 Å². The van der Waals surface area contributed by atoms with Gasteiger partial charge in [-0.15, -0.1) is 0 Å². The van der Waals surface area contributed by atoms with E-state index in [0.717, 1.165) is 14.7 Å². The van der Waals surface area contributed by atoms with Crippen LogP contribution in [0.1, 0.15) is 23.4 Å². The van der Waals surface area contributed by atoms with Crippen LogP contribution in [0.3, 0.4) is 0 Å². The van der Waals surface area contributed by atoms with Crippen LogP contribution in [-0.4, -0.2) is 25.5 Å². The van der Waals surface area contributed by atoms with Gasteiger partial charge in [-0.2, -0.15) is 23.4 Å². The van der Waals surface area contributed by atoms with Crippen LogP contribution in [0, 0.1) is 6.92 Å². The molecular weight excluding hydrogens is 475 g/mol. The molecule has 0 unspecified atom stereocenters. The summed E-state index contributed by atoms with van der Waals surface area (Å²) < 4.78 is 42.3. The molecule has 0 fully saturated rings. The molecule has 0 spiro atoms. The van der Waals surface area contributed by atoms with Gasteiger partial charge in [-0.25, -0.2) is 0 Å². The lowest BCUT2D eigenvalue weighted by atomic mass is 10.2. The third kappa shape index (κ3) is 5.39. The van der Waals surface area contributed by atoms with Gasteiger partial charge in [0, 0.05) is 17.1 Å². The summed E-state index contributed by atoms with van der Waals surface area (Å²) in [5, 5.41) is 9.89. The molecule has 0 atom stereocenters. The molecule has 3 aromatic rings. The molecule has 29 heavy (non-hydrogen) atoms. The zero-order valence-corrected chi connectivity index (χ0v) is 17.5. The smallest absolute Gasteiger partial charge is 0.323 e. The summed E-state index contributed by atoms with van der Waals surface area (Å²) >= 11 is 9.08.